The van der Waals surface area contributed by atoms with Gasteiger partial charge in [-0.25, -0.2) is 9.97 Å². The van der Waals surface area contributed by atoms with E-state index in [1.54, 1.807) is 0 Å². The third kappa shape index (κ3) is 2.15. The lowest BCUT2D eigenvalue weighted by atomic mass is 9.94. The van der Waals surface area contributed by atoms with Crippen molar-refractivity contribution in [2.75, 3.05) is 0 Å². The second-order valence-corrected chi connectivity index (χ2v) is 7.05. The molecule has 0 aliphatic carbocycles. The third-order valence-electron chi connectivity index (χ3n) is 5.40. The fourth-order valence-electron chi connectivity index (χ4n) is 4.18. The minimum atomic E-state index is 1.01. The smallest absolute Gasteiger partial charge is 0.0788 e. The van der Waals surface area contributed by atoms with Gasteiger partial charge in [0.2, 0.25) is 0 Å². The van der Waals surface area contributed by atoms with Crippen LogP contribution in [-0.4, -0.2) is 9.97 Å². The summed E-state index contributed by atoms with van der Waals surface area (Å²) in [6.45, 7) is 0. The summed E-state index contributed by atoms with van der Waals surface area (Å²) < 4.78 is 0. The van der Waals surface area contributed by atoms with E-state index in [0.717, 1.165) is 44.3 Å². The van der Waals surface area contributed by atoms with Crippen LogP contribution in [0.25, 0.3) is 55.1 Å². The molecular weight excluding hydrogens is 340 g/mol. The van der Waals surface area contributed by atoms with Crippen molar-refractivity contribution < 1.29 is 0 Å². The fraction of sp³-hybridized carbons (Fsp3) is 0. The molecule has 0 aliphatic heterocycles. The van der Waals surface area contributed by atoms with Gasteiger partial charge in [0.25, 0.3) is 0 Å². The van der Waals surface area contributed by atoms with E-state index in [1.165, 1.54) is 10.8 Å². The van der Waals surface area contributed by atoms with Crippen molar-refractivity contribution in [1.29, 1.82) is 0 Å². The normalized spacial score (nSPS) is 11.6. The molecule has 0 aliphatic rings. The standard InChI is InChI=1S/C26H16N2/c1-3-9-17(10-4-1)25-19-13-7-16-22-23(19)24-20(14-8-15-21(24)27-25)26(28-22)18-11-5-2-6-12-18/h1-16H. The Hall–Kier alpha value is -3.78. The van der Waals surface area contributed by atoms with Gasteiger partial charge in [-0.15, -0.1) is 0 Å². The molecule has 0 unspecified atom stereocenters. The first-order valence-corrected chi connectivity index (χ1v) is 9.45. The van der Waals surface area contributed by atoms with Crippen LogP contribution in [-0.2, 0) is 0 Å². The molecule has 0 bridgehead atoms. The molecule has 0 saturated heterocycles. The zero-order valence-electron chi connectivity index (χ0n) is 15.1. The Labute approximate surface area is 162 Å². The summed E-state index contributed by atoms with van der Waals surface area (Å²) in [5, 5.41) is 4.70. The van der Waals surface area contributed by atoms with Crippen molar-refractivity contribution in [2.24, 2.45) is 0 Å². The molecule has 0 saturated carbocycles. The van der Waals surface area contributed by atoms with E-state index < -0.39 is 0 Å². The van der Waals surface area contributed by atoms with Crippen molar-refractivity contribution in [2.45, 2.75) is 0 Å². The second-order valence-electron chi connectivity index (χ2n) is 7.05. The number of nitrogens with zero attached hydrogens (tertiary/aromatic N) is 2. The van der Waals surface area contributed by atoms with Crippen LogP contribution in [0.3, 0.4) is 0 Å². The highest BCUT2D eigenvalue weighted by Crippen LogP contribution is 2.40. The average Bonchev–Trinajstić information content (AvgIpc) is 2.78. The highest BCUT2D eigenvalue weighted by Gasteiger charge is 2.17. The molecule has 28 heavy (non-hydrogen) atoms. The van der Waals surface area contributed by atoms with Crippen LogP contribution >= 0.6 is 0 Å². The quantitative estimate of drug-likeness (QED) is 0.322. The molecule has 130 valence electrons. The molecule has 0 spiro atoms. The lowest BCUT2D eigenvalue weighted by molar-refractivity contribution is 1.40. The van der Waals surface area contributed by atoms with E-state index >= 15 is 0 Å². The minimum absolute atomic E-state index is 1.01. The number of pyridine rings is 2. The molecule has 6 aromatic rings. The number of rotatable bonds is 2. The highest BCUT2D eigenvalue weighted by molar-refractivity contribution is 6.25. The van der Waals surface area contributed by atoms with Crippen LogP contribution in [0.4, 0.5) is 0 Å². The minimum Gasteiger partial charge on any atom is -0.247 e. The van der Waals surface area contributed by atoms with Gasteiger partial charge in [0.1, 0.15) is 0 Å². The summed E-state index contributed by atoms with van der Waals surface area (Å²) in [7, 11) is 0. The average molecular weight is 356 g/mol. The van der Waals surface area contributed by atoms with Gasteiger partial charge in [-0.1, -0.05) is 84.9 Å². The van der Waals surface area contributed by atoms with Gasteiger partial charge < -0.3 is 0 Å². The summed E-state index contributed by atoms with van der Waals surface area (Å²) >= 11 is 0. The van der Waals surface area contributed by atoms with Crippen molar-refractivity contribution in [3.63, 3.8) is 0 Å². The summed E-state index contributed by atoms with van der Waals surface area (Å²) in [4.78, 5) is 10.2. The van der Waals surface area contributed by atoms with Crippen molar-refractivity contribution >= 4 is 32.6 Å². The lowest BCUT2D eigenvalue weighted by Crippen LogP contribution is -1.96. The van der Waals surface area contributed by atoms with E-state index in [-0.39, 0.29) is 0 Å². The summed E-state index contributed by atoms with van der Waals surface area (Å²) in [6.07, 6.45) is 0. The van der Waals surface area contributed by atoms with Crippen molar-refractivity contribution in [3.8, 4) is 22.5 Å². The van der Waals surface area contributed by atoms with Crippen LogP contribution < -0.4 is 0 Å². The van der Waals surface area contributed by atoms with Gasteiger partial charge in [-0.05, 0) is 12.1 Å². The van der Waals surface area contributed by atoms with Crippen LogP contribution in [0.1, 0.15) is 0 Å². The number of aromatic nitrogens is 2. The first kappa shape index (κ1) is 15.3. The van der Waals surface area contributed by atoms with Crippen LogP contribution in [0.15, 0.2) is 97.1 Å². The number of benzene rings is 4. The first-order chi connectivity index (χ1) is 13.9. The van der Waals surface area contributed by atoms with E-state index in [0.29, 0.717) is 0 Å². The SMILES string of the molecule is c1ccc(-c2nc3cccc4c(-c5ccccc5)nc5cccc2c5c34)cc1. The van der Waals surface area contributed by atoms with Gasteiger partial charge in [0.05, 0.1) is 22.4 Å². The molecule has 6 rings (SSSR count). The van der Waals surface area contributed by atoms with Crippen LogP contribution in [0, 0.1) is 0 Å². The topological polar surface area (TPSA) is 25.8 Å². The van der Waals surface area contributed by atoms with Crippen LogP contribution in [0.2, 0.25) is 0 Å². The first-order valence-electron chi connectivity index (χ1n) is 9.45. The van der Waals surface area contributed by atoms with Crippen LogP contribution in [0.5, 0.6) is 0 Å². The molecule has 0 amide bonds. The number of hydrogen-bond donors (Lipinski definition) is 0. The van der Waals surface area contributed by atoms with Gasteiger partial charge in [-0.3, -0.25) is 0 Å². The highest BCUT2D eigenvalue weighted by atomic mass is 14.7. The molecule has 2 heteroatoms. The lowest BCUT2D eigenvalue weighted by Gasteiger charge is -2.16. The third-order valence-corrected chi connectivity index (χ3v) is 5.40. The van der Waals surface area contributed by atoms with Gasteiger partial charge >= 0.3 is 0 Å². The Morgan fingerprint density at radius 3 is 1.25 bits per heavy atom. The van der Waals surface area contributed by atoms with E-state index in [9.17, 15) is 0 Å². The summed E-state index contributed by atoms with van der Waals surface area (Å²) in [5.41, 5.74) is 6.31. The maximum absolute atomic E-state index is 5.08. The van der Waals surface area contributed by atoms with Crippen molar-refractivity contribution in [1.82, 2.24) is 9.97 Å². The Morgan fingerprint density at radius 2 is 0.821 bits per heavy atom. The Balaban J connectivity index is 1.81. The Morgan fingerprint density at radius 1 is 0.393 bits per heavy atom. The maximum atomic E-state index is 5.08. The number of hydrogen-bond acceptors (Lipinski definition) is 2. The molecule has 0 N–H and O–H groups in total. The molecule has 2 aromatic heterocycles. The van der Waals surface area contributed by atoms with Crippen molar-refractivity contribution in [3.05, 3.63) is 97.1 Å². The van der Waals surface area contributed by atoms with E-state index in [2.05, 4.69) is 84.9 Å². The summed E-state index contributed by atoms with van der Waals surface area (Å²) in [6, 6.07) is 33.5. The Kier molecular flexibility index (Phi) is 3.20. The van der Waals surface area contributed by atoms with Gasteiger partial charge in [0, 0.05) is 32.7 Å². The molecule has 0 fully saturated rings. The monoisotopic (exact) mass is 356 g/mol. The van der Waals surface area contributed by atoms with E-state index in [1.807, 2.05) is 12.1 Å². The largest absolute Gasteiger partial charge is 0.247 e. The predicted octanol–water partition coefficient (Wildman–Crippen LogP) is 6.71. The van der Waals surface area contributed by atoms with Gasteiger partial charge in [0.15, 0.2) is 0 Å². The molecular formula is C26H16N2. The zero-order valence-corrected chi connectivity index (χ0v) is 15.1. The summed E-state index contributed by atoms with van der Waals surface area (Å²) in [5.74, 6) is 0. The van der Waals surface area contributed by atoms with E-state index in [4.69, 9.17) is 9.97 Å². The molecule has 0 radical (unpaired) electrons. The zero-order chi connectivity index (χ0) is 18.5. The molecule has 2 nitrogen and oxygen atoms in total. The Bertz CT molecular complexity index is 1320. The fourth-order valence-corrected chi connectivity index (χ4v) is 4.18. The molecule has 0 atom stereocenters. The van der Waals surface area contributed by atoms with Gasteiger partial charge in [-0.2, -0.15) is 0 Å². The predicted molar refractivity (Wildman–Crippen MR) is 117 cm³/mol. The molecule has 4 aromatic carbocycles. The maximum Gasteiger partial charge on any atom is 0.0788 e. The molecule has 2 heterocycles. The second kappa shape index (κ2) is 5.86.